The Labute approximate surface area is 181 Å². The van der Waals surface area contributed by atoms with E-state index in [1.165, 1.54) is 17.3 Å². The van der Waals surface area contributed by atoms with Gasteiger partial charge in [0.05, 0.1) is 17.5 Å². The van der Waals surface area contributed by atoms with Gasteiger partial charge in [0.2, 0.25) is 11.8 Å². The van der Waals surface area contributed by atoms with Crippen LogP contribution in [0.15, 0.2) is 46.2 Å². The fourth-order valence-corrected chi connectivity index (χ4v) is 3.54. The molecule has 8 heteroatoms. The van der Waals surface area contributed by atoms with Gasteiger partial charge in [0.25, 0.3) is 5.22 Å². The van der Waals surface area contributed by atoms with Gasteiger partial charge in [-0.15, -0.1) is 10.2 Å². The number of carbonyl (C=O) groups is 1. The van der Waals surface area contributed by atoms with Crippen molar-refractivity contribution in [3.05, 3.63) is 42.1 Å². The molecule has 0 spiro atoms. The molecule has 2 atom stereocenters. The highest BCUT2D eigenvalue weighted by Crippen LogP contribution is 2.29. The third-order valence-corrected chi connectivity index (χ3v) is 5.92. The minimum absolute atomic E-state index is 0.0848. The molecular weight excluding hydrogens is 398 g/mol. The molecule has 160 valence electrons. The van der Waals surface area contributed by atoms with Crippen LogP contribution in [0.2, 0.25) is 0 Å². The average Bonchev–Trinajstić information content (AvgIpc) is 3.36. The Morgan fingerprint density at radius 1 is 1.17 bits per heavy atom. The minimum Gasteiger partial charge on any atom is -0.411 e. The smallest absolute Gasteiger partial charge is 0.277 e. The first kappa shape index (κ1) is 22.1. The third-order valence-electron chi connectivity index (χ3n) is 4.98. The highest BCUT2D eigenvalue weighted by atomic mass is 32.2. The first-order chi connectivity index (χ1) is 14.2. The van der Waals surface area contributed by atoms with E-state index in [2.05, 4.69) is 67.4 Å². The Morgan fingerprint density at radius 2 is 1.87 bits per heavy atom. The summed E-state index contributed by atoms with van der Waals surface area (Å²) in [4.78, 5) is 12.6. The first-order valence-electron chi connectivity index (χ1n) is 10.1. The van der Waals surface area contributed by atoms with Crippen molar-refractivity contribution in [3.8, 4) is 11.5 Å². The van der Waals surface area contributed by atoms with Crippen LogP contribution >= 0.6 is 11.8 Å². The van der Waals surface area contributed by atoms with E-state index < -0.39 is 5.25 Å². The van der Waals surface area contributed by atoms with Crippen LogP contribution in [-0.4, -0.2) is 31.1 Å². The van der Waals surface area contributed by atoms with Gasteiger partial charge in [0, 0.05) is 11.6 Å². The number of nitrogens with one attached hydrogen (secondary N) is 1. The van der Waals surface area contributed by atoms with Gasteiger partial charge in [0.15, 0.2) is 0 Å². The summed E-state index contributed by atoms with van der Waals surface area (Å²) in [5.74, 6) is 0.992. The van der Waals surface area contributed by atoms with Crippen LogP contribution in [0.25, 0.3) is 11.5 Å². The van der Waals surface area contributed by atoms with Crippen molar-refractivity contribution in [3.63, 3.8) is 0 Å². The van der Waals surface area contributed by atoms with Crippen molar-refractivity contribution >= 4 is 23.5 Å². The number of hydrogen-bond acceptors (Lipinski definition) is 6. The van der Waals surface area contributed by atoms with Crippen molar-refractivity contribution in [1.82, 2.24) is 20.0 Å². The first-order valence-corrected chi connectivity index (χ1v) is 11.0. The fraction of sp³-hybridized carbons (Fsp3) is 0.455. The van der Waals surface area contributed by atoms with Gasteiger partial charge >= 0.3 is 0 Å². The quantitative estimate of drug-likeness (QED) is 0.514. The van der Waals surface area contributed by atoms with Gasteiger partial charge in [-0.25, -0.2) is 4.68 Å². The van der Waals surface area contributed by atoms with Gasteiger partial charge in [-0.05, 0) is 43.4 Å². The van der Waals surface area contributed by atoms with Crippen LogP contribution in [0.5, 0.6) is 0 Å². The summed E-state index contributed by atoms with van der Waals surface area (Å²) in [6.07, 6.45) is 2.62. The average molecular weight is 428 g/mol. The number of rotatable bonds is 7. The number of nitrogens with zero attached hydrogens (tertiary/aromatic N) is 4. The zero-order valence-electron chi connectivity index (χ0n) is 18.3. The zero-order chi connectivity index (χ0) is 21.9. The van der Waals surface area contributed by atoms with Crippen LogP contribution < -0.4 is 5.32 Å². The molecule has 1 amide bonds. The summed E-state index contributed by atoms with van der Waals surface area (Å²) in [5.41, 5.74) is 2.18. The van der Waals surface area contributed by atoms with E-state index in [4.69, 9.17) is 4.42 Å². The SMILES string of the molecule is CC[C@H](C)n1nccc1NC(=O)[C@H](C)Sc1nnc(-c2ccc(C(C)(C)C)cc2)o1. The maximum absolute atomic E-state index is 12.6. The lowest BCUT2D eigenvalue weighted by molar-refractivity contribution is -0.115. The molecule has 3 aromatic rings. The summed E-state index contributed by atoms with van der Waals surface area (Å²) in [6.45, 7) is 12.5. The molecule has 0 aliphatic rings. The van der Waals surface area contributed by atoms with Gasteiger partial charge in [-0.1, -0.05) is 51.6 Å². The molecule has 2 aromatic heterocycles. The maximum atomic E-state index is 12.6. The lowest BCUT2D eigenvalue weighted by Gasteiger charge is -2.18. The summed E-state index contributed by atoms with van der Waals surface area (Å²) < 4.78 is 7.59. The molecule has 7 nitrogen and oxygen atoms in total. The van der Waals surface area contributed by atoms with E-state index in [1.54, 1.807) is 12.3 Å². The summed E-state index contributed by atoms with van der Waals surface area (Å²) in [5, 5.41) is 15.4. The van der Waals surface area contributed by atoms with E-state index in [1.807, 2.05) is 23.7 Å². The van der Waals surface area contributed by atoms with Gasteiger partial charge in [0.1, 0.15) is 5.82 Å². The molecule has 30 heavy (non-hydrogen) atoms. The summed E-state index contributed by atoms with van der Waals surface area (Å²) >= 11 is 1.23. The Kier molecular flexibility index (Phi) is 6.65. The summed E-state index contributed by atoms with van der Waals surface area (Å²) in [6, 6.07) is 10.1. The Morgan fingerprint density at radius 3 is 2.50 bits per heavy atom. The predicted molar refractivity (Wildman–Crippen MR) is 120 cm³/mol. The second-order valence-electron chi connectivity index (χ2n) is 8.37. The van der Waals surface area contributed by atoms with E-state index >= 15 is 0 Å². The van der Waals surface area contributed by atoms with Crippen molar-refractivity contribution < 1.29 is 9.21 Å². The Balaban J connectivity index is 1.64. The number of amides is 1. The van der Waals surface area contributed by atoms with Crippen LogP contribution in [-0.2, 0) is 10.2 Å². The number of thioether (sulfide) groups is 1. The Bertz CT molecular complexity index is 988. The summed E-state index contributed by atoms with van der Waals surface area (Å²) in [7, 11) is 0. The van der Waals surface area contributed by atoms with Crippen molar-refractivity contribution in [2.24, 2.45) is 0 Å². The highest BCUT2D eigenvalue weighted by molar-refractivity contribution is 8.00. The molecule has 2 heterocycles. The topological polar surface area (TPSA) is 85.8 Å². The van der Waals surface area contributed by atoms with Gasteiger partial charge in [-0.2, -0.15) is 5.10 Å². The van der Waals surface area contributed by atoms with Crippen LogP contribution in [0, 0.1) is 0 Å². The molecule has 0 aliphatic heterocycles. The second kappa shape index (κ2) is 9.04. The molecule has 3 rings (SSSR count). The van der Waals surface area contributed by atoms with Gasteiger partial charge < -0.3 is 9.73 Å². The number of hydrogen-bond donors (Lipinski definition) is 1. The fourth-order valence-electron chi connectivity index (χ4n) is 2.86. The maximum Gasteiger partial charge on any atom is 0.277 e. The number of carbonyl (C=O) groups excluding carboxylic acids is 1. The molecule has 0 unspecified atom stereocenters. The third kappa shape index (κ3) is 5.11. The number of aromatic nitrogens is 4. The second-order valence-corrected chi connectivity index (χ2v) is 9.66. The molecule has 1 N–H and O–H groups in total. The van der Waals surface area contributed by atoms with Crippen LogP contribution in [0.3, 0.4) is 0 Å². The zero-order valence-corrected chi connectivity index (χ0v) is 19.2. The van der Waals surface area contributed by atoms with E-state index in [-0.39, 0.29) is 17.4 Å². The Hall–Kier alpha value is -2.61. The lowest BCUT2D eigenvalue weighted by atomic mass is 9.87. The largest absolute Gasteiger partial charge is 0.411 e. The van der Waals surface area contributed by atoms with E-state index in [0.717, 1.165) is 12.0 Å². The molecule has 0 saturated heterocycles. The monoisotopic (exact) mass is 427 g/mol. The molecular formula is C22H29N5O2S. The lowest BCUT2D eigenvalue weighted by Crippen LogP contribution is -2.24. The van der Waals surface area contributed by atoms with Crippen molar-refractivity contribution in [2.45, 2.75) is 69.9 Å². The van der Waals surface area contributed by atoms with Crippen molar-refractivity contribution in [1.29, 1.82) is 0 Å². The molecule has 1 aromatic carbocycles. The minimum atomic E-state index is -0.401. The van der Waals surface area contributed by atoms with Crippen molar-refractivity contribution in [2.75, 3.05) is 5.32 Å². The highest BCUT2D eigenvalue weighted by Gasteiger charge is 2.21. The molecule has 0 bridgehead atoms. The normalized spacial score (nSPS) is 13.8. The number of anilines is 1. The van der Waals surface area contributed by atoms with Crippen LogP contribution in [0.4, 0.5) is 5.82 Å². The van der Waals surface area contributed by atoms with Gasteiger partial charge in [-0.3, -0.25) is 4.79 Å². The standard InChI is InChI=1S/C22H29N5O2S/c1-7-14(2)27-18(12-13-23-27)24-19(28)15(3)30-21-26-25-20(29-21)16-8-10-17(11-9-16)22(4,5)6/h8-15H,7H2,1-6H3,(H,24,28)/t14-,15-/m0/s1. The predicted octanol–water partition coefficient (Wildman–Crippen LogP) is 5.32. The van der Waals surface area contributed by atoms with Crippen LogP contribution in [0.1, 0.15) is 59.6 Å². The molecule has 0 radical (unpaired) electrons. The van der Waals surface area contributed by atoms with E-state index in [9.17, 15) is 4.79 Å². The molecule has 0 aliphatic carbocycles. The van der Waals surface area contributed by atoms with E-state index in [0.29, 0.717) is 16.9 Å². The number of benzene rings is 1. The molecule has 0 saturated carbocycles. The molecule has 0 fully saturated rings.